The van der Waals surface area contributed by atoms with Crippen molar-refractivity contribution in [3.05, 3.63) is 29.5 Å². The number of fused-ring (bicyclic) bond motifs is 1. The molecule has 0 fully saturated rings. The summed E-state index contributed by atoms with van der Waals surface area (Å²) in [5.74, 6) is -8.12. The van der Waals surface area contributed by atoms with Crippen LogP contribution in [0.1, 0.15) is 0 Å². The summed E-state index contributed by atoms with van der Waals surface area (Å²) in [4.78, 5) is 0.542. The molecule has 92 valence electrons. The molecule has 9 heteroatoms. The molecule has 2 rings (SSSR count). The Labute approximate surface area is 91.1 Å². The summed E-state index contributed by atoms with van der Waals surface area (Å²) in [6.07, 6.45) is 0.408. The Hall–Kier alpha value is -1.64. The lowest BCUT2D eigenvalue weighted by Crippen LogP contribution is -1.99. The number of aromatic nitrogens is 1. The molecule has 0 atom stereocenters. The fourth-order valence-electron chi connectivity index (χ4n) is 1.40. The summed E-state index contributed by atoms with van der Waals surface area (Å²) in [6.45, 7) is 0. The first kappa shape index (κ1) is 11.8. The highest BCUT2D eigenvalue weighted by atomic mass is 32.3. The summed E-state index contributed by atoms with van der Waals surface area (Å²) in [7, 11) is -5.38. The Bertz CT molecular complexity index is 721. The Balaban J connectivity index is 3.06. The van der Waals surface area contributed by atoms with E-state index < -0.39 is 49.3 Å². The zero-order valence-electron chi connectivity index (χ0n) is 7.69. The van der Waals surface area contributed by atoms with E-state index in [1.54, 1.807) is 0 Å². The van der Waals surface area contributed by atoms with Gasteiger partial charge in [0.1, 0.15) is 4.90 Å². The van der Waals surface area contributed by atoms with Crippen molar-refractivity contribution in [1.82, 2.24) is 4.98 Å². The molecule has 0 saturated heterocycles. The van der Waals surface area contributed by atoms with Crippen LogP contribution in [0, 0.1) is 23.3 Å². The number of nitrogens with one attached hydrogen (secondary N) is 1. The molecule has 1 N–H and O–H groups in total. The molecule has 17 heavy (non-hydrogen) atoms. The van der Waals surface area contributed by atoms with Crippen LogP contribution in [-0.4, -0.2) is 13.4 Å². The molecular weight excluding hydrogens is 269 g/mol. The highest BCUT2D eigenvalue weighted by molar-refractivity contribution is 7.86. The van der Waals surface area contributed by atoms with Gasteiger partial charge in [0.2, 0.25) is 0 Å². The molecule has 0 unspecified atom stereocenters. The smallest absolute Gasteiger partial charge is 0.334 e. The molecule has 0 aliphatic carbocycles. The number of rotatable bonds is 1. The van der Waals surface area contributed by atoms with E-state index in [0.29, 0.717) is 6.20 Å². The first-order valence-corrected chi connectivity index (χ1v) is 5.41. The molecule has 0 aliphatic rings. The number of benzene rings is 1. The minimum atomic E-state index is -5.38. The van der Waals surface area contributed by atoms with E-state index in [-0.39, 0.29) is 0 Å². The van der Waals surface area contributed by atoms with Gasteiger partial charge >= 0.3 is 10.2 Å². The second-order valence-electron chi connectivity index (χ2n) is 3.10. The minimum Gasteiger partial charge on any atom is -0.357 e. The molecule has 1 heterocycles. The van der Waals surface area contributed by atoms with Gasteiger partial charge in [0, 0.05) is 6.20 Å². The lowest BCUT2D eigenvalue weighted by Gasteiger charge is -2.00. The first-order valence-electron chi connectivity index (χ1n) is 4.03. The molecular formula is C8H2F5NO2S. The number of halogens is 5. The third kappa shape index (κ3) is 1.57. The van der Waals surface area contributed by atoms with Crippen molar-refractivity contribution < 1.29 is 29.9 Å². The van der Waals surface area contributed by atoms with Crippen molar-refractivity contribution in [2.75, 3.05) is 0 Å². The van der Waals surface area contributed by atoms with E-state index in [4.69, 9.17) is 0 Å². The highest BCUT2D eigenvalue weighted by Crippen LogP contribution is 2.31. The number of aromatic amines is 1. The zero-order chi connectivity index (χ0) is 13.0. The maximum Gasteiger partial charge on any atom is 0.334 e. The van der Waals surface area contributed by atoms with E-state index in [2.05, 4.69) is 0 Å². The molecule has 1 aromatic carbocycles. The van der Waals surface area contributed by atoms with Crippen molar-refractivity contribution in [3.8, 4) is 0 Å². The van der Waals surface area contributed by atoms with Gasteiger partial charge < -0.3 is 4.98 Å². The second kappa shape index (κ2) is 3.42. The molecule has 0 aliphatic heterocycles. The van der Waals surface area contributed by atoms with Crippen LogP contribution in [0.2, 0.25) is 0 Å². The molecule has 3 nitrogen and oxygen atoms in total. The largest absolute Gasteiger partial charge is 0.357 e. The standard InChI is InChI=1S/C8H2F5NO2S/c9-4-3-2(17(13,15)16)1-14-8(3)7(12)6(11)5(4)10/h1,14H. The van der Waals surface area contributed by atoms with Crippen LogP contribution < -0.4 is 0 Å². The van der Waals surface area contributed by atoms with E-state index in [9.17, 15) is 29.9 Å². The quantitative estimate of drug-likeness (QED) is 0.374. The van der Waals surface area contributed by atoms with Gasteiger partial charge in [0.15, 0.2) is 23.3 Å². The van der Waals surface area contributed by atoms with E-state index >= 15 is 0 Å². The average molecular weight is 271 g/mol. The van der Waals surface area contributed by atoms with Crippen LogP contribution >= 0.6 is 0 Å². The van der Waals surface area contributed by atoms with Gasteiger partial charge in [0.25, 0.3) is 0 Å². The van der Waals surface area contributed by atoms with Crippen LogP contribution in [-0.2, 0) is 10.2 Å². The predicted molar refractivity (Wildman–Crippen MR) is 46.4 cm³/mol. The zero-order valence-corrected chi connectivity index (χ0v) is 8.51. The molecule has 0 saturated carbocycles. The van der Waals surface area contributed by atoms with E-state index in [0.717, 1.165) is 0 Å². The summed E-state index contributed by atoms with van der Waals surface area (Å²) in [5, 5.41) is -1.19. The molecule has 0 bridgehead atoms. The Morgan fingerprint density at radius 3 is 2.00 bits per heavy atom. The Kier molecular flexibility index (Phi) is 2.38. The van der Waals surface area contributed by atoms with Gasteiger partial charge in [-0.1, -0.05) is 0 Å². The molecule has 1 aromatic heterocycles. The van der Waals surface area contributed by atoms with Crippen LogP contribution in [0.15, 0.2) is 11.1 Å². The number of hydrogen-bond donors (Lipinski definition) is 1. The number of H-pyrrole nitrogens is 1. The van der Waals surface area contributed by atoms with E-state index in [1.165, 1.54) is 0 Å². The highest BCUT2D eigenvalue weighted by Gasteiger charge is 2.28. The minimum absolute atomic E-state index is 0.408. The summed E-state index contributed by atoms with van der Waals surface area (Å²) >= 11 is 0. The summed E-state index contributed by atoms with van der Waals surface area (Å²) in [6, 6.07) is 0. The fourth-order valence-corrected chi connectivity index (χ4v) is 2.04. The third-order valence-electron chi connectivity index (χ3n) is 2.12. The fraction of sp³-hybridized carbons (Fsp3) is 0. The summed E-state index contributed by atoms with van der Waals surface area (Å²) < 4.78 is 85.8. The van der Waals surface area contributed by atoms with Crippen molar-refractivity contribution >= 4 is 21.1 Å². The Morgan fingerprint density at radius 2 is 1.47 bits per heavy atom. The summed E-state index contributed by atoms with van der Waals surface area (Å²) in [5.41, 5.74) is -0.961. The molecule has 0 radical (unpaired) electrons. The van der Waals surface area contributed by atoms with Crippen molar-refractivity contribution in [1.29, 1.82) is 0 Å². The van der Waals surface area contributed by atoms with Gasteiger partial charge in [-0.25, -0.2) is 17.6 Å². The topological polar surface area (TPSA) is 49.9 Å². The van der Waals surface area contributed by atoms with Gasteiger partial charge in [-0.05, 0) is 0 Å². The molecule has 2 aromatic rings. The molecule has 0 spiro atoms. The van der Waals surface area contributed by atoms with Crippen molar-refractivity contribution in [2.45, 2.75) is 4.90 Å². The second-order valence-corrected chi connectivity index (χ2v) is 4.41. The van der Waals surface area contributed by atoms with Crippen molar-refractivity contribution in [2.24, 2.45) is 0 Å². The van der Waals surface area contributed by atoms with Crippen LogP contribution in [0.25, 0.3) is 10.9 Å². The number of hydrogen-bond acceptors (Lipinski definition) is 2. The average Bonchev–Trinajstić information content (AvgIpc) is 2.67. The van der Waals surface area contributed by atoms with Crippen LogP contribution in [0.5, 0.6) is 0 Å². The predicted octanol–water partition coefficient (Wildman–Crippen LogP) is 2.38. The maximum atomic E-state index is 13.2. The van der Waals surface area contributed by atoms with Gasteiger partial charge in [-0.2, -0.15) is 8.42 Å². The maximum absolute atomic E-state index is 13.2. The van der Waals surface area contributed by atoms with Gasteiger partial charge in [0.05, 0.1) is 10.9 Å². The van der Waals surface area contributed by atoms with Gasteiger partial charge in [-0.15, -0.1) is 3.89 Å². The third-order valence-corrected chi connectivity index (χ3v) is 2.97. The first-order chi connectivity index (χ1) is 7.75. The normalized spacial score (nSPS) is 12.3. The van der Waals surface area contributed by atoms with Crippen molar-refractivity contribution in [3.63, 3.8) is 0 Å². The van der Waals surface area contributed by atoms with Crippen LogP contribution in [0.4, 0.5) is 21.4 Å². The SMILES string of the molecule is O=S(=O)(F)c1c[nH]c2c(F)c(F)c(F)c(F)c12. The lowest BCUT2D eigenvalue weighted by molar-refractivity contribution is 0.417. The van der Waals surface area contributed by atoms with Gasteiger partial charge in [-0.3, -0.25) is 0 Å². The molecule has 0 amide bonds. The van der Waals surface area contributed by atoms with E-state index in [1.807, 2.05) is 4.98 Å². The lowest BCUT2D eigenvalue weighted by atomic mass is 10.2. The van der Waals surface area contributed by atoms with Crippen LogP contribution in [0.3, 0.4) is 0 Å². The Morgan fingerprint density at radius 1 is 0.941 bits per heavy atom. The monoisotopic (exact) mass is 271 g/mol.